The smallest absolute Gasteiger partial charge is 0.276 e. The van der Waals surface area contributed by atoms with Crippen LogP contribution in [0.2, 0.25) is 0 Å². The molecule has 1 heterocycles. The second kappa shape index (κ2) is 8.81. The number of nitrogens with zero attached hydrogens (tertiary/aromatic N) is 2. The van der Waals surface area contributed by atoms with Crippen molar-refractivity contribution in [2.45, 2.75) is 13.5 Å². The van der Waals surface area contributed by atoms with Gasteiger partial charge in [0.2, 0.25) is 0 Å². The highest BCUT2D eigenvalue weighted by Gasteiger charge is 2.10. The third-order valence-corrected chi connectivity index (χ3v) is 4.17. The van der Waals surface area contributed by atoms with Crippen molar-refractivity contribution in [1.29, 1.82) is 0 Å². The van der Waals surface area contributed by atoms with Crippen LogP contribution in [0.15, 0.2) is 76.8 Å². The fourth-order valence-electron chi connectivity index (χ4n) is 2.55. The van der Waals surface area contributed by atoms with Crippen molar-refractivity contribution in [2.24, 2.45) is 12.1 Å². The standard InChI is InChI=1S/C22H21N3O3/c1-16-9-11-17(12-10-16)15-28-20-8-4-3-6-18(20)14-23-24-21(26)19-7-5-13-25(2)22(19)27/h3-14H,15H2,1-2H3,(H,24,26)/b23-14-. The van der Waals surface area contributed by atoms with Gasteiger partial charge in [0.1, 0.15) is 17.9 Å². The summed E-state index contributed by atoms with van der Waals surface area (Å²) in [5.74, 6) is 0.0900. The molecule has 28 heavy (non-hydrogen) atoms. The van der Waals surface area contributed by atoms with Gasteiger partial charge in [0.15, 0.2) is 0 Å². The molecule has 0 atom stereocenters. The van der Waals surface area contributed by atoms with Gasteiger partial charge in [-0.25, -0.2) is 5.43 Å². The van der Waals surface area contributed by atoms with Crippen LogP contribution in [0.4, 0.5) is 0 Å². The molecular weight excluding hydrogens is 354 g/mol. The minimum Gasteiger partial charge on any atom is -0.488 e. The number of benzene rings is 2. The van der Waals surface area contributed by atoms with E-state index in [-0.39, 0.29) is 11.1 Å². The van der Waals surface area contributed by atoms with Crippen LogP contribution in [-0.4, -0.2) is 16.7 Å². The number of amides is 1. The van der Waals surface area contributed by atoms with Gasteiger partial charge < -0.3 is 9.30 Å². The van der Waals surface area contributed by atoms with Gasteiger partial charge in [-0.05, 0) is 36.8 Å². The molecule has 0 aliphatic heterocycles. The lowest BCUT2D eigenvalue weighted by atomic mass is 10.1. The quantitative estimate of drug-likeness (QED) is 0.532. The molecule has 0 radical (unpaired) electrons. The second-order valence-electron chi connectivity index (χ2n) is 6.35. The molecule has 1 N–H and O–H groups in total. The van der Waals surface area contributed by atoms with Crippen molar-refractivity contribution < 1.29 is 9.53 Å². The zero-order chi connectivity index (χ0) is 19.9. The number of nitrogens with one attached hydrogen (secondary N) is 1. The van der Waals surface area contributed by atoms with E-state index in [4.69, 9.17) is 4.74 Å². The van der Waals surface area contributed by atoms with Gasteiger partial charge >= 0.3 is 0 Å². The molecule has 2 aromatic carbocycles. The summed E-state index contributed by atoms with van der Waals surface area (Å²) in [6.07, 6.45) is 3.08. The summed E-state index contributed by atoms with van der Waals surface area (Å²) < 4.78 is 7.22. The number of carbonyl (C=O) groups excluding carboxylic acids is 1. The van der Waals surface area contributed by atoms with Crippen LogP contribution in [0, 0.1) is 6.92 Å². The average molecular weight is 375 g/mol. The average Bonchev–Trinajstić information content (AvgIpc) is 2.70. The van der Waals surface area contributed by atoms with Crippen molar-refractivity contribution in [2.75, 3.05) is 0 Å². The number of hydrazone groups is 1. The van der Waals surface area contributed by atoms with Crippen LogP contribution in [0.1, 0.15) is 27.0 Å². The zero-order valence-electron chi connectivity index (χ0n) is 15.8. The van der Waals surface area contributed by atoms with Gasteiger partial charge in [-0.15, -0.1) is 0 Å². The highest BCUT2D eigenvalue weighted by Crippen LogP contribution is 2.17. The Morgan fingerprint density at radius 2 is 1.86 bits per heavy atom. The first kappa shape index (κ1) is 19.1. The maximum Gasteiger partial charge on any atom is 0.276 e. The van der Waals surface area contributed by atoms with E-state index >= 15 is 0 Å². The highest BCUT2D eigenvalue weighted by molar-refractivity contribution is 5.94. The van der Waals surface area contributed by atoms with E-state index in [0.29, 0.717) is 12.4 Å². The number of hydrogen-bond acceptors (Lipinski definition) is 4. The van der Waals surface area contributed by atoms with Gasteiger partial charge in [-0.2, -0.15) is 5.10 Å². The van der Waals surface area contributed by atoms with E-state index in [1.807, 2.05) is 55.5 Å². The molecule has 0 saturated heterocycles. The maximum atomic E-state index is 12.2. The zero-order valence-corrected chi connectivity index (χ0v) is 15.8. The number of ether oxygens (including phenoxy) is 1. The van der Waals surface area contributed by atoms with E-state index < -0.39 is 5.91 Å². The van der Waals surface area contributed by atoms with Gasteiger partial charge in [0.05, 0.1) is 6.21 Å². The topological polar surface area (TPSA) is 72.7 Å². The lowest BCUT2D eigenvalue weighted by Gasteiger charge is -2.09. The first-order valence-electron chi connectivity index (χ1n) is 8.81. The molecule has 0 aliphatic rings. The van der Waals surface area contributed by atoms with Crippen LogP contribution in [0.3, 0.4) is 0 Å². The van der Waals surface area contributed by atoms with Gasteiger partial charge in [0, 0.05) is 18.8 Å². The molecule has 3 aromatic rings. The molecule has 1 amide bonds. The van der Waals surface area contributed by atoms with Crippen molar-refractivity contribution in [3.63, 3.8) is 0 Å². The summed E-state index contributed by atoms with van der Waals surface area (Å²) in [6, 6.07) is 18.6. The maximum absolute atomic E-state index is 12.2. The second-order valence-corrected chi connectivity index (χ2v) is 6.35. The highest BCUT2D eigenvalue weighted by atomic mass is 16.5. The molecule has 3 rings (SSSR count). The molecule has 142 valence electrons. The Kier molecular flexibility index (Phi) is 6.01. The molecule has 1 aromatic heterocycles. The predicted octanol–water partition coefficient (Wildman–Crippen LogP) is 3.04. The van der Waals surface area contributed by atoms with E-state index in [1.54, 1.807) is 19.3 Å². The Morgan fingerprint density at radius 1 is 1.11 bits per heavy atom. The molecule has 6 heteroatoms. The molecule has 0 unspecified atom stereocenters. The molecular formula is C22H21N3O3. The van der Waals surface area contributed by atoms with Crippen molar-refractivity contribution in [1.82, 2.24) is 9.99 Å². The lowest BCUT2D eigenvalue weighted by molar-refractivity contribution is 0.0953. The normalized spacial score (nSPS) is 10.8. The Labute approximate surface area is 163 Å². The van der Waals surface area contributed by atoms with Crippen LogP contribution < -0.4 is 15.7 Å². The van der Waals surface area contributed by atoms with Gasteiger partial charge in [-0.3, -0.25) is 9.59 Å². The minimum absolute atomic E-state index is 0.0334. The first-order chi connectivity index (χ1) is 13.5. The van der Waals surface area contributed by atoms with Crippen LogP contribution >= 0.6 is 0 Å². The summed E-state index contributed by atoms with van der Waals surface area (Å²) in [6.45, 7) is 2.47. The van der Waals surface area contributed by atoms with Crippen molar-refractivity contribution in [3.05, 3.63) is 99.5 Å². The third-order valence-electron chi connectivity index (χ3n) is 4.17. The Hall–Kier alpha value is -3.67. The summed E-state index contributed by atoms with van der Waals surface area (Å²) in [5, 5.41) is 3.96. The van der Waals surface area contributed by atoms with Gasteiger partial charge in [0.25, 0.3) is 11.5 Å². The summed E-state index contributed by atoms with van der Waals surface area (Å²) in [7, 11) is 1.59. The number of para-hydroxylation sites is 1. The molecule has 0 bridgehead atoms. The minimum atomic E-state index is -0.560. The van der Waals surface area contributed by atoms with Gasteiger partial charge in [-0.1, -0.05) is 42.0 Å². The predicted molar refractivity (Wildman–Crippen MR) is 109 cm³/mol. The molecule has 0 spiro atoms. The summed E-state index contributed by atoms with van der Waals surface area (Å²) in [4.78, 5) is 24.1. The fraction of sp³-hybridized carbons (Fsp3) is 0.136. The van der Waals surface area contributed by atoms with E-state index in [2.05, 4.69) is 10.5 Å². The van der Waals surface area contributed by atoms with E-state index in [9.17, 15) is 9.59 Å². The van der Waals surface area contributed by atoms with Crippen LogP contribution in [0.5, 0.6) is 5.75 Å². The monoisotopic (exact) mass is 375 g/mol. The Bertz CT molecular complexity index is 1050. The summed E-state index contributed by atoms with van der Waals surface area (Å²) >= 11 is 0. The Balaban J connectivity index is 1.67. The first-order valence-corrected chi connectivity index (χ1v) is 8.81. The number of hydrogen-bond donors (Lipinski definition) is 1. The van der Waals surface area contributed by atoms with Crippen molar-refractivity contribution >= 4 is 12.1 Å². The Morgan fingerprint density at radius 3 is 2.64 bits per heavy atom. The van der Waals surface area contributed by atoms with Crippen LogP contribution in [0.25, 0.3) is 0 Å². The van der Waals surface area contributed by atoms with E-state index in [0.717, 1.165) is 11.1 Å². The number of aromatic nitrogens is 1. The number of carbonyl (C=O) groups is 1. The lowest BCUT2D eigenvalue weighted by Crippen LogP contribution is -2.29. The largest absolute Gasteiger partial charge is 0.488 e. The fourth-order valence-corrected chi connectivity index (χ4v) is 2.55. The number of aryl methyl sites for hydroxylation is 2. The van der Waals surface area contributed by atoms with Crippen LogP contribution in [-0.2, 0) is 13.7 Å². The molecule has 0 fully saturated rings. The van der Waals surface area contributed by atoms with Crippen molar-refractivity contribution in [3.8, 4) is 5.75 Å². The summed E-state index contributed by atoms with van der Waals surface area (Å²) in [5.41, 5.74) is 5.01. The third kappa shape index (κ3) is 4.73. The number of rotatable bonds is 6. The number of pyridine rings is 1. The SMILES string of the molecule is Cc1ccc(COc2ccccc2/C=N\NC(=O)c2cccn(C)c2=O)cc1. The molecule has 0 aliphatic carbocycles. The molecule has 6 nitrogen and oxygen atoms in total. The molecule has 0 saturated carbocycles. The van der Waals surface area contributed by atoms with E-state index in [1.165, 1.54) is 22.4 Å².